The molecule has 0 aliphatic heterocycles. The van der Waals surface area contributed by atoms with E-state index < -0.39 is 0 Å². The summed E-state index contributed by atoms with van der Waals surface area (Å²) in [4.78, 5) is 10.9. The number of rotatable bonds is 3. The van der Waals surface area contributed by atoms with Crippen LogP contribution in [0, 0.1) is 5.82 Å². The molecule has 1 aromatic carbocycles. The van der Waals surface area contributed by atoms with Crippen molar-refractivity contribution in [2.75, 3.05) is 5.88 Å². The maximum absolute atomic E-state index is 13.0. The van der Waals surface area contributed by atoms with Crippen LogP contribution in [0.5, 0.6) is 0 Å². The predicted octanol–water partition coefficient (Wildman–Crippen LogP) is 1.82. The van der Waals surface area contributed by atoms with E-state index in [1.54, 1.807) is 0 Å². The summed E-state index contributed by atoms with van der Waals surface area (Å²) in [5.74, 6) is -0.806. The van der Waals surface area contributed by atoms with Crippen molar-refractivity contribution in [1.29, 1.82) is 0 Å². The molecule has 0 aliphatic rings. The lowest BCUT2D eigenvalue weighted by Crippen LogP contribution is -2.23. The Morgan fingerprint density at radius 1 is 1.56 bits per heavy atom. The van der Waals surface area contributed by atoms with Crippen LogP contribution in [0.1, 0.15) is 5.69 Å². The highest BCUT2D eigenvalue weighted by atomic mass is 35.5. The molecule has 0 unspecified atom stereocenters. The molecular weight excluding hydrogens is 235 g/mol. The topological polar surface area (TPSA) is 55.1 Å². The van der Waals surface area contributed by atoms with Gasteiger partial charge in [-0.05, 0) is 18.2 Å². The lowest BCUT2D eigenvalue weighted by Gasteiger charge is -1.98. The number of benzene rings is 1. The fourth-order valence-electron chi connectivity index (χ4n) is 1.32. The zero-order valence-corrected chi connectivity index (χ0v) is 8.92. The van der Waals surface area contributed by atoms with E-state index in [1.165, 1.54) is 18.2 Å². The Morgan fingerprint density at radius 3 is 3.12 bits per heavy atom. The van der Waals surface area contributed by atoms with E-state index in [0.717, 1.165) is 0 Å². The lowest BCUT2D eigenvalue weighted by atomic mass is 10.2. The predicted molar refractivity (Wildman–Crippen MR) is 56.5 cm³/mol. The molecule has 0 saturated carbocycles. The molecule has 16 heavy (non-hydrogen) atoms. The molecule has 1 amide bonds. The van der Waals surface area contributed by atoms with Crippen molar-refractivity contribution in [3.05, 3.63) is 29.7 Å². The summed E-state index contributed by atoms with van der Waals surface area (Å²) in [5.41, 5.74) is 0.962. The van der Waals surface area contributed by atoms with Gasteiger partial charge in [0.1, 0.15) is 17.4 Å². The van der Waals surface area contributed by atoms with Gasteiger partial charge in [0.2, 0.25) is 5.91 Å². The second-order valence-corrected chi connectivity index (χ2v) is 3.45. The van der Waals surface area contributed by atoms with E-state index in [4.69, 9.17) is 16.1 Å². The van der Waals surface area contributed by atoms with Crippen LogP contribution in [-0.4, -0.2) is 16.9 Å². The van der Waals surface area contributed by atoms with E-state index in [0.29, 0.717) is 16.7 Å². The van der Waals surface area contributed by atoms with Gasteiger partial charge >= 0.3 is 0 Å². The highest BCUT2D eigenvalue weighted by Crippen LogP contribution is 2.19. The summed E-state index contributed by atoms with van der Waals surface area (Å²) in [7, 11) is 0. The highest BCUT2D eigenvalue weighted by molar-refractivity contribution is 6.27. The van der Waals surface area contributed by atoms with Crippen molar-refractivity contribution < 1.29 is 13.7 Å². The van der Waals surface area contributed by atoms with E-state index in [1.807, 2.05) is 0 Å². The summed E-state index contributed by atoms with van der Waals surface area (Å²) in [6, 6.07) is 4.09. The fraction of sp³-hybridized carbons (Fsp3) is 0.200. The lowest BCUT2D eigenvalue weighted by molar-refractivity contribution is -0.118. The van der Waals surface area contributed by atoms with Gasteiger partial charge in [0.15, 0.2) is 5.58 Å². The molecule has 0 atom stereocenters. The first-order chi connectivity index (χ1) is 7.70. The minimum Gasteiger partial charge on any atom is -0.356 e. The van der Waals surface area contributed by atoms with Crippen molar-refractivity contribution in [1.82, 2.24) is 10.5 Å². The molecule has 4 nitrogen and oxygen atoms in total. The molecule has 1 aromatic heterocycles. The van der Waals surface area contributed by atoms with Crippen LogP contribution in [0.2, 0.25) is 0 Å². The van der Waals surface area contributed by atoms with Crippen molar-refractivity contribution in [2.45, 2.75) is 6.54 Å². The van der Waals surface area contributed by atoms with Crippen LogP contribution >= 0.6 is 11.6 Å². The number of carbonyl (C=O) groups excluding carboxylic acids is 1. The van der Waals surface area contributed by atoms with Gasteiger partial charge in [-0.15, -0.1) is 11.6 Å². The average molecular weight is 243 g/mol. The Bertz CT molecular complexity index is 527. The van der Waals surface area contributed by atoms with Crippen LogP contribution in [-0.2, 0) is 11.3 Å². The Kier molecular flexibility index (Phi) is 3.05. The van der Waals surface area contributed by atoms with Crippen LogP contribution in [0.15, 0.2) is 22.7 Å². The molecule has 0 fully saturated rings. The van der Waals surface area contributed by atoms with E-state index in [9.17, 15) is 9.18 Å². The first-order valence-electron chi connectivity index (χ1n) is 4.57. The molecular formula is C10H8ClFN2O2. The van der Waals surface area contributed by atoms with Crippen molar-refractivity contribution in [2.24, 2.45) is 0 Å². The number of nitrogens with one attached hydrogen (secondary N) is 1. The molecule has 1 heterocycles. The third kappa shape index (κ3) is 2.14. The summed E-state index contributed by atoms with van der Waals surface area (Å²) in [5, 5.41) is 6.82. The molecule has 0 radical (unpaired) electrons. The molecule has 1 N–H and O–H groups in total. The van der Waals surface area contributed by atoms with E-state index in [2.05, 4.69) is 10.5 Å². The minimum absolute atomic E-state index is 0.121. The molecule has 0 bridgehead atoms. The van der Waals surface area contributed by atoms with Gasteiger partial charge in [-0.1, -0.05) is 5.16 Å². The number of hydrogen-bond acceptors (Lipinski definition) is 3. The maximum Gasteiger partial charge on any atom is 0.235 e. The number of fused-ring (bicyclic) bond motifs is 1. The number of hydrogen-bond donors (Lipinski definition) is 1. The smallest absolute Gasteiger partial charge is 0.235 e. The van der Waals surface area contributed by atoms with Gasteiger partial charge in [-0.25, -0.2) is 4.39 Å². The number of halogens is 2. The van der Waals surface area contributed by atoms with Gasteiger partial charge in [-0.3, -0.25) is 4.79 Å². The summed E-state index contributed by atoms with van der Waals surface area (Å²) in [6.07, 6.45) is 0. The zero-order valence-electron chi connectivity index (χ0n) is 8.17. The van der Waals surface area contributed by atoms with Gasteiger partial charge in [0, 0.05) is 5.39 Å². The second-order valence-electron chi connectivity index (χ2n) is 3.18. The van der Waals surface area contributed by atoms with E-state index >= 15 is 0 Å². The molecule has 84 valence electrons. The number of aromatic nitrogens is 1. The third-order valence-corrected chi connectivity index (χ3v) is 2.32. The average Bonchev–Trinajstić information content (AvgIpc) is 2.68. The third-order valence-electron chi connectivity index (χ3n) is 2.08. The van der Waals surface area contributed by atoms with Crippen LogP contribution in [0.4, 0.5) is 4.39 Å². The highest BCUT2D eigenvalue weighted by Gasteiger charge is 2.09. The Morgan fingerprint density at radius 2 is 2.38 bits per heavy atom. The van der Waals surface area contributed by atoms with Crippen LogP contribution in [0.25, 0.3) is 11.0 Å². The quantitative estimate of drug-likeness (QED) is 0.836. The molecule has 0 aliphatic carbocycles. The van der Waals surface area contributed by atoms with Gasteiger partial charge in [0.05, 0.1) is 6.54 Å². The second kappa shape index (κ2) is 4.49. The van der Waals surface area contributed by atoms with Crippen LogP contribution in [0.3, 0.4) is 0 Å². The Labute approximate surface area is 95.4 Å². The first kappa shape index (κ1) is 10.9. The molecule has 0 saturated heterocycles. The number of nitrogens with zero attached hydrogens (tertiary/aromatic N) is 1. The molecule has 0 spiro atoms. The monoisotopic (exact) mass is 242 g/mol. The van der Waals surface area contributed by atoms with Crippen LogP contribution < -0.4 is 5.32 Å². The SMILES string of the molecule is O=C(CCl)NCc1noc2ccc(F)cc12. The van der Waals surface area contributed by atoms with Crippen molar-refractivity contribution in [3.8, 4) is 0 Å². The number of amides is 1. The normalized spacial score (nSPS) is 10.6. The fourth-order valence-corrected chi connectivity index (χ4v) is 1.41. The summed E-state index contributed by atoms with van der Waals surface area (Å²) < 4.78 is 18.0. The largest absolute Gasteiger partial charge is 0.356 e. The summed E-state index contributed by atoms with van der Waals surface area (Å²) in [6.45, 7) is 0.169. The van der Waals surface area contributed by atoms with Gasteiger partial charge in [0.25, 0.3) is 0 Å². The zero-order chi connectivity index (χ0) is 11.5. The number of carbonyl (C=O) groups is 1. The van der Waals surface area contributed by atoms with Crippen molar-refractivity contribution >= 4 is 28.5 Å². The number of alkyl halides is 1. The van der Waals surface area contributed by atoms with Gasteiger partial charge in [-0.2, -0.15) is 0 Å². The molecule has 6 heteroatoms. The van der Waals surface area contributed by atoms with Gasteiger partial charge < -0.3 is 9.84 Å². The summed E-state index contributed by atoms with van der Waals surface area (Å²) >= 11 is 5.32. The maximum atomic E-state index is 13.0. The van der Waals surface area contributed by atoms with Crippen molar-refractivity contribution in [3.63, 3.8) is 0 Å². The van der Waals surface area contributed by atoms with E-state index in [-0.39, 0.29) is 24.1 Å². The Hall–Kier alpha value is -1.62. The Balaban J connectivity index is 2.24. The minimum atomic E-state index is -0.374. The molecule has 2 rings (SSSR count). The first-order valence-corrected chi connectivity index (χ1v) is 5.10. The standard InChI is InChI=1S/C10H8ClFN2O2/c11-4-10(15)13-5-8-7-3-6(12)1-2-9(7)16-14-8/h1-3H,4-5H2,(H,13,15). The molecule has 2 aromatic rings.